The van der Waals surface area contributed by atoms with Gasteiger partial charge in [-0.25, -0.2) is 9.78 Å². The summed E-state index contributed by atoms with van der Waals surface area (Å²) >= 11 is 1.65. The molecule has 1 saturated carbocycles. The highest BCUT2D eigenvalue weighted by atomic mass is 32.1. The molecule has 2 amide bonds. The van der Waals surface area contributed by atoms with Crippen LogP contribution in [-0.2, 0) is 6.42 Å². The van der Waals surface area contributed by atoms with Crippen LogP contribution < -0.4 is 5.32 Å². The van der Waals surface area contributed by atoms with E-state index in [1.807, 2.05) is 18.6 Å². The van der Waals surface area contributed by atoms with E-state index in [0.29, 0.717) is 24.4 Å². The molecule has 1 aromatic carbocycles. The molecule has 1 aromatic heterocycles. The van der Waals surface area contributed by atoms with Gasteiger partial charge in [0.05, 0.1) is 5.01 Å². The van der Waals surface area contributed by atoms with E-state index in [1.165, 1.54) is 17.5 Å². The van der Waals surface area contributed by atoms with Crippen molar-refractivity contribution >= 4 is 17.4 Å². The van der Waals surface area contributed by atoms with E-state index in [9.17, 15) is 4.79 Å². The normalized spacial score (nSPS) is 25.3. The van der Waals surface area contributed by atoms with Crippen LogP contribution in [0.5, 0.6) is 0 Å². The van der Waals surface area contributed by atoms with Crippen LogP contribution in [0.3, 0.4) is 0 Å². The van der Waals surface area contributed by atoms with E-state index in [4.69, 9.17) is 0 Å². The summed E-state index contributed by atoms with van der Waals surface area (Å²) in [5.41, 5.74) is 2.90. The molecule has 2 aromatic rings. The lowest BCUT2D eigenvalue weighted by molar-refractivity contribution is 0.205. The molecule has 0 aliphatic heterocycles. The van der Waals surface area contributed by atoms with Crippen molar-refractivity contribution in [2.45, 2.75) is 37.6 Å². The topological polar surface area (TPSA) is 45.2 Å². The highest BCUT2D eigenvalue weighted by molar-refractivity contribution is 7.09. The molecule has 4 atom stereocenters. The Morgan fingerprint density at radius 2 is 2.29 bits per heavy atom. The van der Waals surface area contributed by atoms with Gasteiger partial charge < -0.3 is 10.2 Å². The molecule has 0 radical (unpaired) electrons. The van der Waals surface area contributed by atoms with Gasteiger partial charge >= 0.3 is 6.03 Å². The van der Waals surface area contributed by atoms with Gasteiger partial charge in [-0.15, -0.1) is 11.3 Å². The minimum absolute atomic E-state index is 0.0373. The Bertz CT molecular complexity index is 730. The van der Waals surface area contributed by atoms with Gasteiger partial charge in [0.25, 0.3) is 0 Å². The van der Waals surface area contributed by atoms with Crippen LogP contribution >= 0.6 is 11.3 Å². The Hall–Kier alpha value is -1.88. The Labute approximate surface area is 146 Å². The Morgan fingerprint density at radius 1 is 1.46 bits per heavy atom. The monoisotopic (exact) mass is 341 g/mol. The molecule has 1 N–H and O–H groups in total. The lowest BCUT2D eigenvalue weighted by Crippen LogP contribution is -2.40. The van der Waals surface area contributed by atoms with Gasteiger partial charge in [-0.3, -0.25) is 0 Å². The van der Waals surface area contributed by atoms with Crippen molar-refractivity contribution in [3.8, 4) is 0 Å². The largest absolute Gasteiger partial charge is 0.334 e. The molecule has 1 fully saturated rings. The van der Waals surface area contributed by atoms with Gasteiger partial charge in [0, 0.05) is 43.0 Å². The van der Waals surface area contributed by atoms with E-state index in [-0.39, 0.29) is 11.9 Å². The minimum atomic E-state index is 0.0373. The average molecular weight is 341 g/mol. The number of aromatic nitrogens is 1. The van der Waals surface area contributed by atoms with Gasteiger partial charge in [-0.2, -0.15) is 0 Å². The Balaban J connectivity index is 1.36. The molecule has 0 spiro atoms. The van der Waals surface area contributed by atoms with E-state index < -0.39 is 0 Å². The quantitative estimate of drug-likeness (QED) is 0.923. The number of aryl methyl sites for hydroxylation is 1. The number of hydrogen-bond donors (Lipinski definition) is 1. The number of thiazole rings is 1. The second kappa shape index (κ2) is 6.20. The van der Waals surface area contributed by atoms with Crippen LogP contribution in [0.4, 0.5) is 4.79 Å². The Morgan fingerprint density at radius 3 is 3.08 bits per heavy atom. The molecule has 4 rings (SSSR count). The lowest BCUT2D eigenvalue weighted by Gasteiger charge is -2.21. The van der Waals surface area contributed by atoms with E-state index in [2.05, 4.69) is 41.5 Å². The number of rotatable bonds is 4. The second-order valence-corrected chi connectivity index (χ2v) is 7.98. The molecule has 2 aliphatic carbocycles. The number of nitrogens with zero attached hydrogens (tertiary/aromatic N) is 2. The molecule has 0 unspecified atom stereocenters. The fourth-order valence-corrected chi connectivity index (χ4v) is 4.76. The van der Waals surface area contributed by atoms with E-state index >= 15 is 0 Å². The van der Waals surface area contributed by atoms with Crippen molar-refractivity contribution in [1.82, 2.24) is 15.2 Å². The molecular formula is C19H23N3OS. The van der Waals surface area contributed by atoms with E-state index in [0.717, 1.165) is 11.4 Å². The summed E-state index contributed by atoms with van der Waals surface area (Å²) < 4.78 is 0. The number of carbonyl (C=O) groups is 1. The predicted octanol–water partition coefficient (Wildman–Crippen LogP) is 3.62. The first-order valence-electron chi connectivity index (χ1n) is 8.64. The summed E-state index contributed by atoms with van der Waals surface area (Å²) in [5.74, 6) is 1.40. The third kappa shape index (κ3) is 2.81. The highest BCUT2D eigenvalue weighted by Crippen LogP contribution is 2.54. The van der Waals surface area contributed by atoms with Crippen molar-refractivity contribution < 1.29 is 4.79 Å². The summed E-state index contributed by atoms with van der Waals surface area (Å²) in [7, 11) is 1.87. The van der Waals surface area contributed by atoms with Crippen molar-refractivity contribution in [3.63, 3.8) is 0 Å². The van der Waals surface area contributed by atoms with Crippen molar-refractivity contribution in [1.29, 1.82) is 0 Å². The number of hydrogen-bond acceptors (Lipinski definition) is 3. The summed E-state index contributed by atoms with van der Waals surface area (Å²) in [6, 6.07) is 9.02. The standard InChI is InChI=1S/C19H23N3OS/c1-12(18-20-9-10-24-18)11-22(2)19(23)21-17-15-8-7-13-5-3-4-6-14(13)16(15)17/h3-6,9-10,12,15-17H,7-8,11H2,1-2H3,(H,21,23)/t12-,15-,16+,17-/m1/s1. The third-order valence-electron chi connectivity index (χ3n) is 5.39. The van der Waals surface area contributed by atoms with Crippen molar-refractivity contribution in [2.75, 3.05) is 13.6 Å². The molecule has 1 heterocycles. The average Bonchev–Trinajstić information content (AvgIpc) is 3.03. The van der Waals surface area contributed by atoms with Crippen molar-refractivity contribution in [3.05, 3.63) is 52.0 Å². The van der Waals surface area contributed by atoms with Gasteiger partial charge in [0.1, 0.15) is 0 Å². The minimum Gasteiger partial charge on any atom is -0.334 e. The van der Waals surface area contributed by atoms with E-state index in [1.54, 1.807) is 16.2 Å². The summed E-state index contributed by atoms with van der Waals surface area (Å²) in [5, 5.41) is 6.33. The molecular weight excluding hydrogens is 318 g/mol. The second-order valence-electron chi connectivity index (χ2n) is 7.05. The number of urea groups is 1. The van der Waals surface area contributed by atoms with Crippen LogP contribution in [0.25, 0.3) is 0 Å². The first-order valence-corrected chi connectivity index (χ1v) is 9.52. The smallest absolute Gasteiger partial charge is 0.317 e. The fourth-order valence-electron chi connectivity index (χ4n) is 4.07. The number of likely N-dealkylation sites (N-methyl/N-ethyl adjacent to an activating group) is 1. The zero-order valence-corrected chi connectivity index (χ0v) is 14.9. The SMILES string of the molecule is C[C@H](CN(C)C(=O)N[C@@H]1[C@@H]2CCc3ccccc3[C@@H]21)c1nccs1. The zero-order valence-electron chi connectivity index (χ0n) is 14.1. The number of carbonyl (C=O) groups excluding carboxylic acids is 1. The molecule has 24 heavy (non-hydrogen) atoms. The molecule has 5 heteroatoms. The van der Waals surface area contributed by atoms with Gasteiger partial charge in [-0.1, -0.05) is 31.2 Å². The number of amides is 2. The van der Waals surface area contributed by atoms with Gasteiger partial charge in [0.2, 0.25) is 0 Å². The molecule has 0 saturated heterocycles. The van der Waals surface area contributed by atoms with Crippen LogP contribution in [0.1, 0.15) is 41.3 Å². The molecule has 4 nitrogen and oxygen atoms in total. The molecule has 2 aliphatic rings. The van der Waals surface area contributed by atoms with Crippen LogP contribution in [0.2, 0.25) is 0 Å². The lowest BCUT2D eigenvalue weighted by atomic mass is 9.92. The highest BCUT2D eigenvalue weighted by Gasteiger charge is 2.54. The predicted molar refractivity (Wildman–Crippen MR) is 96.5 cm³/mol. The number of nitrogens with one attached hydrogen (secondary N) is 1. The maximum absolute atomic E-state index is 12.6. The van der Waals surface area contributed by atoms with Crippen LogP contribution in [-0.4, -0.2) is 35.5 Å². The number of fused-ring (bicyclic) bond motifs is 3. The Kier molecular flexibility index (Phi) is 4.04. The summed E-state index contributed by atoms with van der Waals surface area (Å²) in [4.78, 5) is 18.7. The van der Waals surface area contributed by atoms with Crippen molar-refractivity contribution in [2.24, 2.45) is 5.92 Å². The number of benzene rings is 1. The first kappa shape index (κ1) is 15.6. The first-order chi connectivity index (χ1) is 11.6. The van der Waals surface area contributed by atoms with Gasteiger partial charge in [0.15, 0.2) is 0 Å². The maximum atomic E-state index is 12.6. The van der Waals surface area contributed by atoms with Crippen LogP contribution in [0, 0.1) is 5.92 Å². The molecule has 0 bridgehead atoms. The maximum Gasteiger partial charge on any atom is 0.317 e. The van der Waals surface area contributed by atoms with Crippen LogP contribution in [0.15, 0.2) is 35.8 Å². The fraction of sp³-hybridized carbons (Fsp3) is 0.474. The third-order valence-corrected chi connectivity index (χ3v) is 6.39. The van der Waals surface area contributed by atoms with Gasteiger partial charge in [-0.05, 0) is 29.9 Å². The summed E-state index contributed by atoms with van der Waals surface area (Å²) in [6.45, 7) is 2.81. The zero-order chi connectivity index (χ0) is 16.7. The summed E-state index contributed by atoms with van der Waals surface area (Å²) in [6.07, 6.45) is 4.15. The molecule has 126 valence electrons.